The molecule has 1 aliphatic heterocycles. The van der Waals surface area contributed by atoms with Gasteiger partial charge in [-0.3, -0.25) is 4.99 Å². The number of nitrogens with two attached hydrogens (primary N) is 1. The van der Waals surface area contributed by atoms with E-state index in [1.807, 2.05) is 37.4 Å². The number of halogens is 1. The number of benzene rings is 2. The lowest BCUT2D eigenvalue weighted by Crippen LogP contribution is -2.39. The maximum atomic E-state index is 14.2. The van der Waals surface area contributed by atoms with E-state index in [-0.39, 0.29) is 11.9 Å². The van der Waals surface area contributed by atoms with E-state index in [9.17, 15) is 4.39 Å². The van der Waals surface area contributed by atoms with Gasteiger partial charge in [0.15, 0.2) is 0 Å². The molecule has 1 unspecified atom stereocenters. The minimum Gasteiger partial charge on any atom is -0.368 e. The highest BCUT2D eigenvalue weighted by atomic mass is 19.1. The fourth-order valence-electron chi connectivity index (χ4n) is 2.70. The number of aliphatic imine (C=N–C) groups is 1. The van der Waals surface area contributed by atoms with Gasteiger partial charge in [0.25, 0.3) is 0 Å². The van der Waals surface area contributed by atoms with Gasteiger partial charge in [-0.25, -0.2) is 4.39 Å². The quantitative estimate of drug-likeness (QED) is 0.919. The van der Waals surface area contributed by atoms with Crippen molar-refractivity contribution in [1.29, 1.82) is 0 Å². The van der Waals surface area contributed by atoms with Gasteiger partial charge in [0.1, 0.15) is 5.82 Å². The molecule has 2 aromatic carbocycles. The Kier molecular flexibility index (Phi) is 3.71. The average molecular weight is 283 g/mol. The van der Waals surface area contributed by atoms with Gasteiger partial charge in [-0.2, -0.15) is 0 Å². The first-order valence-corrected chi connectivity index (χ1v) is 7.04. The minimum absolute atomic E-state index is 0.121. The second-order valence-electron chi connectivity index (χ2n) is 5.19. The van der Waals surface area contributed by atoms with Crippen LogP contribution in [0.15, 0.2) is 53.5 Å². The van der Waals surface area contributed by atoms with E-state index in [4.69, 9.17) is 5.73 Å². The number of hydrogen-bond acceptors (Lipinski definition) is 3. The molecule has 21 heavy (non-hydrogen) atoms. The van der Waals surface area contributed by atoms with Crippen molar-refractivity contribution in [3.8, 4) is 0 Å². The molecule has 0 fully saturated rings. The first-order valence-electron chi connectivity index (χ1n) is 7.04. The second kappa shape index (κ2) is 5.66. The molecule has 0 saturated carbocycles. The number of rotatable bonds is 2. The molecule has 0 amide bonds. The van der Waals surface area contributed by atoms with Gasteiger partial charge in [-0.05, 0) is 18.2 Å². The molecule has 108 valence electrons. The molecule has 3 nitrogen and oxygen atoms in total. The fraction of sp³-hybridized carbons (Fsp3) is 0.235. The second-order valence-corrected chi connectivity index (χ2v) is 5.19. The Bertz CT molecular complexity index is 681. The number of para-hydroxylation sites is 1. The summed E-state index contributed by atoms with van der Waals surface area (Å²) >= 11 is 0. The Morgan fingerprint density at radius 3 is 2.52 bits per heavy atom. The number of anilines is 1. The summed E-state index contributed by atoms with van der Waals surface area (Å²) in [5.74, 6) is -0.250. The van der Waals surface area contributed by atoms with Gasteiger partial charge in [0, 0.05) is 30.4 Å². The number of likely N-dealkylation sites (N-methyl/N-ethyl adjacent to an activating group) is 1. The summed E-state index contributed by atoms with van der Waals surface area (Å²) in [7, 11) is 2.01. The highest BCUT2D eigenvalue weighted by Crippen LogP contribution is 2.27. The highest BCUT2D eigenvalue weighted by molar-refractivity contribution is 6.16. The molecular weight excluding hydrogens is 265 g/mol. The molecule has 2 N–H and O–H groups in total. The first-order chi connectivity index (χ1) is 10.2. The van der Waals surface area contributed by atoms with Gasteiger partial charge in [0.2, 0.25) is 0 Å². The molecule has 0 aliphatic carbocycles. The van der Waals surface area contributed by atoms with Crippen LogP contribution < -0.4 is 10.6 Å². The average Bonchev–Trinajstić information content (AvgIpc) is 2.65. The Balaban J connectivity index is 2.19. The third-order valence-electron chi connectivity index (χ3n) is 3.95. The van der Waals surface area contributed by atoms with Crippen molar-refractivity contribution in [3.05, 3.63) is 65.5 Å². The molecule has 1 aliphatic rings. The number of fused-ring (bicyclic) bond motifs is 1. The van der Waals surface area contributed by atoms with Crippen LogP contribution in [0, 0.1) is 5.82 Å². The molecule has 0 saturated heterocycles. The zero-order valence-corrected chi connectivity index (χ0v) is 12.0. The maximum Gasteiger partial charge on any atom is 0.132 e. The SMILES string of the molecule is CN1c2ccccc2C(c2ccccc2F)=NCC1CN. The zero-order chi connectivity index (χ0) is 14.8. The van der Waals surface area contributed by atoms with Crippen molar-refractivity contribution in [1.82, 2.24) is 0 Å². The maximum absolute atomic E-state index is 14.2. The van der Waals surface area contributed by atoms with Gasteiger partial charge in [-0.1, -0.05) is 30.3 Å². The van der Waals surface area contributed by atoms with E-state index < -0.39 is 0 Å². The first kappa shape index (κ1) is 13.8. The van der Waals surface area contributed by atoms with Gasteiger partial charge in [-0.15, -0.1) is 0 Å². The largest absolute Gasteiger partial charge is 0.368 e. The van der Waals surface area contributed by atoms with Crippen molar-refractivity contribution in [3.63, 3.8) is 0 Å². The topological polar surface area (TPSA) is 41.6 Å². The molecule has 1 atom stereocenters. The van der Waals surface area contributed by atoms with Crippen molar-refractivity contribution in [2.75, 3.05) is 25.0 Å². The predicted octanol–water partition coefficient (Wildman–Crippen LogP) is 2.44. The van der Waals surface area contributed by atoms with Crippen molar-refractivity contribution >= 4 is 11.4 Å². The van der Waals surface area contributed by atoms with Crippen LogP contribution in [0.25, 0.3) is 0 Å². The summed E-state index contributed by atoms with van der Waals surface area (Å²) < 4.78 is 14.2. The highest BCUT2D eigenvalue weighted by Gasteiger charge is 2.24. The lowest BCUT2D eigenvalue weighted by Gasteiger charge is -2.27. The van der Waals surface area contributed by atoms with Crippen molar-refractivity contribution < 1.29 is 4.39 Å². The smallest absolute Gasteiger partial charge is 0.132 e. The van der Waals surface area contributed by atoms with Crippen LogP contribution >= 0.6 is 0 Å². The molecule has 4 heteroatoms. The Labute approximate surface area is 123 Å². The summed E-state index contributed by atoms with van der Waals surface area (Å²) in [6.45, 7) is 1.07. The van der Waals surface area contributed by atoms with Crippen LogP contribution in [-0.2, 0) is 0 Å². The van der Waals surface area contributed by atoms with E-state index in [0.717, 1.165) is 11.3 Å². The molecule has 0 radical (unpaired) electrons. The molecule has 0 bridgehead atoms. The summed E-state index contributed by atoms with van der Waals surface area (Å²) in [5.41, 5.74) is 9.07. The number of hydrogen-bond donors (Lipinski definition) is 1. The summed E-state index contributed by atoms with van der Waals surface area (Å²) in [6.07, 6.45) is 0. The molecule has 1 heterocycles. The predicted molar refractivity (Wildman–Crippen MR) is 84.6 cm³/mol. The van der Waals surface area contributed by atoms with E-state index in [1.54, 1.807) is 12.1 Å². The minimum atomic E-state index is -0.250. The molecule has 0 aromatic heterocycles. The number of benzodiazepines with no additional fused rings is 1. The molecule has 3 rings (SSSR count). The summed E-state index contributed by atoms with van der Waals surface area (Å²) in [6, 6.07) is 14.8. The van der Waals surface area contributed by atoms with Crippen LogP contribution in [-0.4, -0.2) is 31.9 Å². The van der Waals surface area contributed by atoms with Crippen LogP contribution in [0.2, 0.25) is 0 Å². The van der Waals surface area contributed by atoms with Crippen molar-refractivity contribution in [2.24, 2.45) is 10.7 Å². The standard InChI is InChI=1S/C17H18FN3/c1-21-12(10-19)11-20-17(13-6-2-4-8-15(13)18)14-7-3-5-9-16(14)21/h2-9,12H,10-11,19H2,1H3. The third-order valence-corrected chi connectivity index (χ3v) is 3.95. The number of nitrogens with zero attached hydrogens (tertiary/aromatic N) is 2. The van der Waals surface area contributed by atoms with Crippen LogP contribution in [0.5, 0.6) is 0 Å². The zero-order valence-electron chi connectivity index (χ0n) is 12.0. The van der Waals surface area contributed by atoms with Crippen LogP contribution in [0.3, 0.4) is 0 Å². The molecular formula is C17H18FN3. The molecule has 0 spiro atoms. The summed E-state index contributed by atoms with van der Waals surface area (Å²) in [4.78, 5) is 6.78. The molecule has 2 aromatic rings. The van der Waals surface area contributed by atoms with E-state index >= 15 is 0 Å². The van der Waals surface area contributed by atoms with Crippen molar-refractivity contribution in [2.45, 2.75) is 6.04 Å². The van der Waals surface area contributed by atoms with Crippen LogP contribution in [0.1, 0.15) is 11.1 Å². The van der Waals surface area contributed by atoms with E-state index in [0.29, 0.717) is 24.4 Å². The van der Waals surface area contributed by atoms with Gasteiger partial charge < -0.3 is 10.6 Å². The fourth-order valence-corrected chi connectivity index (χ4v) is 2.70. The lowest BCUT2D eigenvalue weighted by atomic mass is 10.00. The van der Waals surface area contributed by atoms with E-state index in [2.05, 4.69) is 9.89 Å². The van der Waals surface area contributed by atoms with Gasteiger partial charge >= 0.3 is 0 Å². The Morgan fingerprint density at radius 1 is 1.14 bits per heavy atom. The summed E-state index contributed by atoms with van der Waals surface area (Å²) in [5, 5.41) is 0. The lowest BCUT2D eigenvalue weighted by molar-refractivity contribution is 0.624. The van der Waals surface area contributed by atoms with E-state index in [1.165, 1.54) is 6.07 Å². The Hall–Kier alpha value is -2.20. The monoisotopic (exact) mass is 283 g/mol. The third kappa shape index (κ3) is 2.43. The van der Waals surface area contributed by atoms with Gasteiger partial charge in [0.05, 0.1) is 18.3 Å². The normalized spacial score (nSPS) is 18.0. The Morgan fingerprint density at radius 2 is 1.81 bits per heavy atom. The van der Waals surface area contributed by atoms with Crippen LogP contribution in [0.4, 0.5) is 10.1 Å².